The van der Waals surface area contributed by atoms with Crippen LogP contribution in [0.2, 0.25) is 5.02 Å². The highest BCUT2D eigenvalue weighted by Crippen LogP contribution is 2.19. The van der Waals surface area contributed by atoms with Gasteiger partial charge in [0.05, 0.1) is 16.7 Å². The van der Waals surface area contributed by atoms with Crippen molar-refractivity contribution in [1.82, 2.24) is 9.80 Å². The Morgan fingerprint density at radius 1 is 1.35 bits per heavy atom. The molecule has 0 N–H and O–H groups in total. The summed E-state index contributed by atoms with van der Waals surface area (Å²) < 4.78 is 13.0. The maximum absolute atomic E-state index is 13.0. The van der Waals surface area contributed by atoms with Gasteiger partial charge >= 0.3 is 0 Å². The standard InChI is InChI=1S/C14H15ClFN3O/c15-13-10-11(16)2-3-12(13)14(20)19-8-6-18(7-9-19)5-1-4-17/h2-3,10H,1,5-9H2. The first-order valence-corrected chi connectivity index (χ1v) is 6.83. The molecule has 1 saturated heterocycles. The van der Waals surface area contributed by atoms with Crippen LogP contribution in [-0.4, -0.2) is 48.4 Å². The summed E-state index contributed by atoms with van der Waals surface area (Å²) in [5, 5.41) is 8.69. The lowest BCUT2D eigenvalue weighted by atomic mass is 10.1. The summed E-state index contributed by atoms with van der Waals surface area (Å²) in [5.41, 5.74) is 0.332. The van der Waals surface area contributed by atoms with Gasteiger partial charge < -0.3 is 4.90 Å². The zero-order valence-electron chi connectivity index (χ0n) is 11.0. The minimum absolute atomic E-state index is 0.141. The molecule has 0 radical (unpaired) electrons. The number of nitrogens with zero attached hydrogens (tertiary/aromatic N) is 3. The summed E-state index contributed by atoms with van der Waals surface area (Å²) in [6.45, 7) is 3.41. The molecule has 0 atom stereocenters. The van der Waals surface area contributed by atoms with Crippen molar-refractivity contribution in [3.63, 3.8) is 0 Å². The first-order valence-electron chi connectivity index (χ1n) is 6.45. The molecule has 0 bridgehead atoms. The zero-order chi connectivity index (χ0) is 14.5. The maximum Gasteiger partial charge on any atom is 0.255 e. The highest BCUT2D eigenvalue weighted by Gasteiger charge is 2.23. The predicted molar refractivity (Wildman–Crippen MR) is 74.0 cm³/mol. The van der Waals surface area contributed by atoms with E-state index in [2.05, 4.69) is 11.0 Å². The van der Waals surface area contributed by atoms with Gasteiger partial charge in [-0.3, -0.25) is 9.69 Å². The van der Waals surface area contributed by atoms with E-state index in [-0.39, 0.29) is 10.9 Å². The van der Waals surface area contributed by atoms with Gasteiger partial charge in [0.25, 0.3) is 5.91 Å². The number of nitriles is 1. The van der Waals surface area contributed by atoms with Crippen LogP contribution in [0.1, 0.15) is 16.8 Å². The van der Waals surface area contributed by atoms with Gasteiger partial charge in [0.2, 0.25) is 0 Å². The Hall–Kier alpha value is -1.64. The van der Waals surface area contributed by atoms with E-state index in [1.807, 2.05) is 0 Å². The second-order valence-electron chi connectivity index (χ2n) is 4.67. The van der Waals surface area contributed by atoms with Crippen LogP contribution in [0.3, 0.4) is 0 Å². The van der Waals surface area contributed by atoms with Crippen LogP contribution >= 0.6 is 11.6 Å². The van der Waals surface area contributed by atoms with E-state index < -0.39 is 5.82 Å². The normalized spacial score (nSPS) is 15.9. The summed E-state index contributed by atoms with van der Waals surface area (Å²) in [5.74, 6) is -0.622. The zero-order valence-corrected chi connectivity index (χ0v) is 11.7. The first-order chi connectivity index (χ1) is 9.61. The summed E-state index contributed by atoms with van der Waals surface area (Å²) in [6.07, 6.45) is 0.498. The van der Waals surface area contributed by atoms with Crippen molar-refractivity contribution in [2.24, 2.45) is 0 Å². The number of halogens is 2. The summed E-state index contributed by atoms with van der Waals surface area (Å²) in [4.78, 5) is 16.2. The lowest BCUT2D eigenvalue weighted by Crippen LogP contribution is -2.48. The molecule has 20 heavy (non-hydrogen) atoms. The average Bonchev–Trinajstić information content (AvgIpc) is 2.45. The number of hydrogen-bond acceptors (Lipinski definition) is 3. The van der Waals surface area contributed by atoms with E-state index in [0.29, 0.717) is 25.1 Å². The number of carbonyl (C=O) groups excluding carboxylic acids is 1. The Morgan fingerprint density at radius 3 is 2.65 bits per heavy atom. The van der Waals surface area contributed by atoms with Crippen LogP contribution in [0, 0.1) is 17.1 Å². The molecule has 1 fully saturated rings. The summed E-state index contributed by atoms with van der Waals surface area (Å²) >= 11 is 5.91. The Bertz CT molecular complexity index is 536. The minimum Gasteiger partial charge on any atom is -0.336 e. The predicted octanol–water partition coefficient (Wildman–Crippen LogP) is 2.15. The number of carbonyl (C=O) groups is 1. The fraction of sp³-hybridized carbons (Fsp3) is 0.429. The molecule has 0 spiro atoms. The van der Waals surface area contributed by atoms with Crippen LogP contribution in [0.5, 0.6) is 0 Å². The molecular formula is C14H15ClFN3O. The third kappa shape index (κ3) is 3.47. The number of hydrogen-bond donors (Lipinski definition) is 0. The van der Waals surface area contributed by atoms with Crippen molar-refractivity contribution in [1.29, 1.82) is 5.26 Å². The number of piperazine rings is 1. The Morgan fingerprint density at radius 2 is 2.05 bits per heavy atom. The molecule has 6 heteroatoms. The lowest BCUT2D eigenvalue weighted by molar-refractivity contribution is 0.0640. The van der Waals surface area contributed by atoms with Crippen molar-refractivity contribution >= 4 is 17.5 Å². The van der Waals surface area contributed by atoms with Gasteiger partial charge in [-0.15, -0.1) is 0 Å². The molecular weight excluding hydrogens is 281 g/mol. The molecule has 4 nitrogen and oxygen atoms in total. The first kappa shape index (κ1) is 14.8. The lowest BCUT2D eigenvalue weighted by Gasteiger charge is -2.34. The van der Waals surface area contributed by atoms with Crippen molar-refractivity contribution in [2.45, 2.75) is 6.42 Å². The van der Waals surface area contributed by atoms with Gasteiger partial charge in [-0.2, -0.15) is 5.26 Å². The van der Waals surface area contributed by atoms with Crippen molar-refractivity contribution in [3.05, 3.63) is 34.6 Å². The van der Waals surface area contributed by atoms with Crippen LogP contribution in [-0.2, 0) is 0 Å². The van der Waals surface area contributed by atoms with Gasteiger partial charge in [-0.05, 0) is 18.2 Å². The molecule has 2 rings (SSSR count). The molecule has 1 aromatic carbocycles. The van der Waals surface area contributed by atoms with E-state index in [1.165, 1.54) is 12.1 Å². The minimum atomic E-state index is -0.451. The fourth-order valence-electron chi connectivity index (χ4n) is 2.22. The van der Waals surface area contributed by atoms with Crippen molar-refractivity contribution in [2.75, 3.05) is 32.7 Å². The molecule has 0 unspecified atom stereocenters. The van der Waals surface area contributed by atoms with Gasteiger partial charge in [0.1, 0.15) is 5.82 Å². The number of benzene rings is 1. The van der Waals surface area contributed by atoms with Crippen LogP contribution in [0.25, 0.3) is 0 Å². The smallest absolute Gasteiger partial charge is 0.255 e. The van der Waals surface area contributed by atoms with E-state index in [4.69, 9.17) is 16.9 Å². The van der Waals surface area contributed by atoms with E-state index in [9.17, 15) is 9.18 Å². The molecule has 1 heterocycles. The van der Waals surface area contributed by atoms with Crippen molar-refractivity contribution in [3.8, 4) is 6.07 Å². The van der Waals surface area contributed by atoms with Gasteiger partial charge in [-0.25, -0.2) is 4.39 Å². The van der Waals surface area contributed by atoms with E-state index in [0.717, 1.165) is 25.7 Å². The Balaban J connectivity index is 1.96. The molecule has 1 aromatic rings. The third-order valence-electron chi connectivity index (χ3n) is 3.36. The topological polar surface area (TPSA) is 47.3 Å². The number of amides is 1. The van der Waals surface area contributed by atoms with Crippen LogP contribution in [0.15, 0.2) is 18.2 Å². The molecule has 1 amide bonds. The molecule has 106 valence electrons. The van der Waals surface area contributed by atoms with Crippen LogP contribution in [0.4, 0.5) is 4.39 Å². The highest BCUT2D eigenvalue weighted by molar-refractivity contribution is 6.33. The third-order valence-corrected chi connectivity index (χ3v) is 3.67. The molecule has 1 aliphatic heterocycles. The summed E-state index contributed by atoms with van der Waals surface area (Å²) in [7, 11) is 0. The summed E-state index contributed by atoms with van der Waals surface area (Å²) in [6, 6.07) is 5.92. The largest absolute Gasteiger partial charge is 0.336 e. The number of rotatable bonds is 3. The molecule has 1 aliphatic rings. The van der Waals surface area contributed by atoms with Crippen LogP contribution < -0.4 is 0 Å². The molecule has 0 aliphatic carbocycles. The quantitative estimate of drug-likeness (QED) is 0.858. The highest BCUT2D eigenvalue weighted by atomic mass is 35.5. The molecule has 0 saturated carbocycles. The monoisotopic (exact) mass is 295 g/mol. The van der Waals surface area contributed by atoms with E-state index in [1.54, 1.807) is 4.90 Å². The van der Waals surface area contributed by atoms with Gasteiger partial charge in [-0.1, -0.05) is 11.6 Å². The SMILES string of the molecule is N#CCCN1CCN(C(=O)c2ccc(F)cc2Cl)CC1. The Kier molecular flexibility index (Phi) is 4.94. The second kappa shape index (κ2) is 6.69. The van der Waals surface area contributed by atoms with Gasteiger partial charge in [0, 0.05) is 39.1 Å². The fourth-order valence-corrected chi connectivity index (χ4v) is 2.46. The molecule has 0 aromatic heterocycles. The average molecular weight is 296 g/mol. The van der Waals surface area contributed by atoms with E-state index >= 15 is 0 Å². The second-order valence-corrected chi connectivity index (χ2v) is 5.07. The maximum atomic E-state index is 13.0. The van der Waals surface area contributed by atoms with Gasteiger partial charge in [0.15, 0.2) is 0 Å². The van der Waals surface area contributed by atoms with Crippen molar-refractivity contribution < 1.29 is 9.18 Å². The Labute approximate surface area is 122 Å².